The fourth-order valence-electron chi connectivity index (χ4n) is 2.43. The van der Waals surface area contributed by atoms with Gasteiger partial charge >= 0.3 is 0 Å². The van der Waals surface area contributed by atoms with Crippen LogP contribution in [0.25, 0.3) is 0 Å². The lowest BCUT2D eigenvalue weighted by atomic mass is 9.85. The standard InChI is InChI=1S/C14H21NO2/c1-16-13-6-3-2-5-12(13)11-14(15)7-4-9-17-10-8-14/h2-3,5-6H,4,7-11,15H2,1H3. The number of hydrogen-bond donors (Lipinski definition) is 1. The van der Waals surface area contributed by atoms with E-state index in [0.29, 0.717) is 0 Å². The van der Waals surface area contributed by atoms with Crippen LogP contribution in [0.5, 0.6) is 5.75 Å². The van der Waals surface area contributed by atoms with Gasteiger partial charge in [0.2, 0.25) is 0 Å². The summed E-state index contributed by atoms with van der Waals surface area (Å²) >= 11 is 0. The van der Waals surface area contributed by atoms with E-state index in [-0.39, 0.29) is 5.54 Å². The van der Waals surface area contributed by atoms with E-state index in [2.05, 4.69) is 6.07 Å². The molecule has 0 bridgehead atoms. The topological polar surface area (TPSA) is 44.5 Å². The second kappa shape index (κ2) is 5.52. The molecular formula is C14H21NO2. The van der Waals surface area contributed by atoms with Gasteiger partial charge in [-0.3, -0.25) is 0 Å². The van der Waals surface area contributed by atoms with Gasteiger partial charge < -0.3 is 15.2 Å². The Morgan fingerprint density at radius 3 is 2.94 bits per heavy atom. The average molecular weight is 235 g/mol. The van der Waals surface area contributed by atoms with Crippen molar-refractivity contribution < 1.29 is 9.47 Å². The van der Waals surface area contributed by atoms with E-state index in [4.69, 9.17) is 15.2 Å². The Labute approximate surface area is 103 Å². The van der Waals surface area contributed by atoms with E-state index in [1.807, 2.05) is 18.2 Å². The van der Waals surface area contributed by atoms with E-state index >= 15 is 0 Å². The number of ether oxygens (including phenoxy) is 2. The molecule has 0 saturated carbocycles. The summed E-state index contributed by atoms with van der Waals surface area (Å²) in [7, 11) is 1.71. The first-order valence-corrected chi connectivity index (χ1v) is 6.22. The molecule has 2 rings (SSSR count). The van der Waals surface area contributed by atoms with Crippen LogP contribution in [0.4, 0.5) is 0 Å². The molecule has 1 aliphatic heterocycles. The van der Waals surface area contributed by atoms with Gasteiger partial charge in [0.25, 0.3) is 0 Å². The van der Waals surface area contributed by atoms with Crippen LogP contribution >= 0.6 is 0 Å². The van der Waals surface area contributed by atoms with Crippen molar-refractivity contribution >= 4 is 0 Å². The molecule has 3 nitrogen and oxygen atoms in total. The summed E-state index contributed by atoms with van der Waals surface area (Å²) < 4.78 is 10.8. The lowest BCUT2D eigenvalue weighted by molar-refractivity contribution is 0.139. The number of hydrogen-bond acceptors (Lipinski definition) is 3. The lowest BCUT2D eigenvalue weighted by Crippen LogP contribution is -2.42. The molecule has 0 radical (unpaired) electrons. The van der Waals surface area contributed by atoms with Gasteiger partial charge in [0.1, 0.15) is 5.75 Å². The third kappa shape index (κ3) is 3.20. The van der Waals surface area contributed by atoms with Crippen molar-refractivity contribution in [2.45, 2.75) is 31.2 Å². The van der Waals surface area contributed by atoms with Crippen molar-refractivity contribution in [1.29, 1.82) is 0 Å². The molecule has 3 heteroatoms. The van der Waals surface area contributed by atoms with Gasteiger partial charge in [0.05, 0.1) is 7.11 Å². The third-order valence-electron chi connectivity index (χ3n) is 3.44. The molecule has 2 N–H and O–H groups in total. The van der Waals surface area contributed by atoms with Gasteiger partial charge in [0.15, 0.2) is 0 Å². The maximum Gasteiger partial charge on any atom is 0.122 e. The highest BCUT2D eigenvalue weighted by molar-refractivity contribution is 5.34. The number of rotatable bonds is 3. The van der Waals surface area contributed by atoms with Crippen LogP contribution in [0, 0.1) is 0 Å². The van der Waals surface area contributed by atoms with E-state index in [0.717, 1.165) is 44.6 Å². The molecule has 1 saturated heterocycles. The van der Waals surface area contributed by atoms with E-state index in [1.165, 1.54) is 5.56 Å². The van der Waals surface area contributed by atoms with Crippen LogP contribution in [0.2, 0.25) is 0 Å². The molecular weight excluding hydrogens is 214 g/mol. The molecule has 94 valence electrons. The first kappa shape index (κ1) is 12.4. The second-order valence-electron chi connectivity index (χ2n) is 4.82. The van der Waals surface area contributed by atoms with Gasteiger partial charge in [-0.05, 0) is 37.3 Å². The summed E-state index contributed by atoms with van der Waals surface area (Å²) in [6.45, 7) is 1.61. The normalized spacial score (nSPS) is 25.3. The van der Waals surface area contributed by atoms with Gasteiger partial charge in [-0.1, -0.05) is 18.2 Å². The highest BCUT2D eigenvalue weighted by Gasteiger charge is 2.27. The third-order valence-corrected chi connectivity index (χ3v) is 3.44. The van der Waals surface area contributed by atoms with Crippen molar-refractivity contribution in [1.82, 2.24) is 0 Å². The predicted octanol–water partition coefficient (Wildman–Crippen LogP) is 2.14. The Hall–Kier alpha value is -1.06. The number of nitrogens with two attached hydrogens (primary N) is 1. The van der Waals surface area contributed by atoms with Gasteiger partial charge in [0, 0.05) is 18.8 Å². The fraction of sp³-hybridized carbons (Fsp3) is 0.571. The average Bonchev–Trinajstić information content (AvgIpc) is 2.55. The van der Waals surface area contributed by atoms with Gasteiger partial charge in [-0.2, -0.15) is 0 Å². The molecule has 1 heterocycles. The summed E-state index contributed by atoms with van der Waals surface area (Å²) in [4.78, 5) is 0. The van der Waals surface area contributed by atoms with Crippen LogP contribution in [0.3, 0.4) is 0 Å². The smallest absolute Gasteiger partial charge is 0.122 e. The fourth-order valence-corrected chi connectivity index (χ4v) is 2.43. The van der Waals surface area contributed by atoms with Crippen LogP contribution < -0.4 is 10.5 Å². The largest absolute Gasteiger partial charge is 0.496 e. The summed E-state index contributed by atoms with van der Waals surface area (Å²) in [5.74, 6) is 0.933. The predicted molar refractivity (Wildman–Crippen MR) is 68.3 cm³/mol. The molecule has 0 aliphatic carbocycles. The Kier molecular flexibility index (Phi) is 4.02. The summed E-state index contributed by atoms with van der Waals surface area (Å²) in [6, 6.07) is 8.11. The number of benzene rings is 1. The maximum absolute atomic E-state index is 6.48. The minimum absolute atomic E-state index is 0.148. The Balaban J connectivity index is 2.12. The highest BCUT2D eigenvalue weighted by atomic mass is 16.5. The maximum atomic E-state index is 6.48. The molecule has 1 aliphatic rings. The zero-order chi connectivity index (χ0) is 12.1. The Morgan fingerprint density at radius 1 is 1.29 bits per heavy atom. The molecule has 1 atom stereocenters. The zero-order valence-electron chi connectivity index (χ0n) is 10.4. The number of methoxy groups -OCH3 is 1. The van der Waals surface area contributed by atoms with Crippen LogP contribution in [-0.2, 0) is 11.2 Å². The van der Waals surface area contributed by atoms with Crippen LogP contribution in [0.15, 0.2) is 24.3 Å². The summed E-state index contributed by atoms with van der Waals surface area (Å²) in [5.41, 5.74) is 7.53. The first-order valence-electron chi connectivity index (χ1n) is 6.22. The minimum atomic E-state index is -0.148. The van der Waals surface area contributed by atoms with E-state index in [1.54, 1.807) is 7.11 Å². The zero-order valence-corrected chi connectivity index (χ0v) is 10.4. The van der Waals surface area contributed by atoms with Gasteiger partial charge in [-0.25, -0.2) is 0 Å². The molecule has 1 aromatic carbocycles. The monoisotopic (exact) mass is 235 g/mol. The molecule has 0 spiro atoms. The lowest BCUT2D eigenvalue weighted by Gasteiger charge is -2.28. The van der Waals surface area contributed by atoms with Crippen molar-refractivity contribution in [3.8, 4) is 5.75 Å². The molecule has 1 aromatic rings. The quantitative estimate of drug-likeness (QED) is 0.873. The summed E-state index contributed by atoms with van der Waals surface area (Å²) in [6.07, 6.45) is 3.85. The van der Waals surface area contributed by atoms with Crippen molar-refractivity contribution in [2.75, 3.05) is 20.3 Å². The van der Waals surface area contributed by atoms with E-state index < -0.39 is 0 Å². The molecule has 0 amide bonds. The Morgan fingerprint density at radius 2 is 2.12 bits per heavy atom. The minimum Gasteiger partial charge on any atom is -0.496 e. The molecule has 1 unspecified atom stereocenters. The van der Waals surface area contributed by atoms with Crippen molar-refractivity contribution in [2.24, 2.45) is 5.73 Å². The van der Waals surface area contributed by atoms with Gasteiger partial charge in [-0.15, -0.1) is 0 Å². The number of para-hydroxylation sites is 1. The Bertz CT molecular complexity index is 357. The molecule has 1 fully saturated rings. The van der Waals surface area contributed by atoms with Crippen LogP contribution in [0.1, 0.15) is 24.8 Å². The van der Waals surface area contributed by atoms with Crippen molar-refractivity contribution in [3.05, 3.63) is 29.8 Å². The highest BCUT2D eigenvalue weighted by Crippen LogP contribution is 2.27. The molecule has 17 heavy (non-hydrogen) atoms. The molecule has 0 aromatic heterocycles. The first-order chi connectivity index (χ1) is 8.23. The second-order valence-corrected chi connectivity index (χ2v) is 4.82. The SMILES string of the molecule is COc1ccccc1CC1(N)CCCOCC1. The van der Waals surface area contributed by atoms with Crippen molar-refractivity contribution in [3.63, 3.8) is 0 Å². The van der Waals surface area contributed by atoms with Crippen LogP contribution in [-0.4, -0.2) is 25.9 Å². The summed E-state index contributed by atoms with van der Waals surface area (Å²) in [5, 5.41) is 0. The van der Waals surface area contributed by atoms with E-state index in [9.17, 15) is 0 Å².